The second-order valence-electron chi connectivity index (χ2n) is 4.38. The lowest BCUT2D eigenvalue weighted by Crippen LogP contribution is -2.32. The zero-order chi connectivity index (χ0) is 15.0. The molecule has 0 unspecified atom stereocenters. The number of aryl methyl sites for hydroxylation is 1. The number of hydrogen-bond acceptors (Lipinski definition) is 2. The number of halogens is 1. The maximum Gasteiger partial charge on any atom is 0.243 e. The Morgan fingerprint density at radius 3 is 2.45 bits per heavy atom. The Morgan fingerprint density at radius 1 is 1.25 bits per heavy atom. The number of alkyl halides is 1. The van der Waals surface area contributed by atoms with E-state index < -0.39 is 10.0 Å². The Hall–Kier alpha value is -0.910. The Kier molecular flexibility index (Phi) is 7.19. The molecule has 1 aromatic rings. The maximum absolute atomic E-state index is 12.6. The smallest absolute Gasteiger partial charge is 0.207 e. The number of rotatable bonds is 8. The number of hydrogen-bond donors (Lipinski definition) is 0. The molecule has 0 N–H and O–H groups in total. The molecule has 0 atom stereocenters. The van der Waals surface area contributed by atoms with Gasteiger partial charge < -0.3 is 0 Å². The highest BCUT2D eigenvalue weighted by Crippen LogP contribution is 2.16. The number of benzene rings is 1. The van der Waals surface area contributed by atoms with E-state index in [1.54, 1.807) is 18.2 Å². The first-order valence-electron chi connectivity index (χ1n) is 6.41. The van der Waals surface area contributed by atoms with Crippen molar-refractivity contribution in [2.24, 2.45) is 0 Å². The van der Waals surface area contributed by atoms with E-state index in [-0.39, 0.29) is 0 Å². The second-order valence-corrected chi connectivity index (χ2v) is 6.96. The summed E-state index contributed by atoms with van der Waals surface area (Å²) in [5.41, 5.74) is 1.04. The van der Waals surface area contributed by atoms with E-state index in [1.807, 2.05) is 31.2 Å². The largest absolute Gasteiger partial charge is 0.243 e. The Labute approximate surface area is 130 Å². The molecule has 0 saturated heterocycles. The summed E-state index contributed by atoms with van der Waals surface area (Å²) in [6.07, 6.45) is 6.11. The summed E-state index contributed by atoms with van der Waals surface area (Å²) in [5, 5.41) is 0.715. The molecule has 0 heterocycles. The van der Waals surface area contributed by atoms with E-state index in [0.29, 0.717) is 29.7 Å². The van der Waals surface area contributed by atoms with Gasteiger partial charge in [-0.2, -0.15) is 4.31 Å². The summed E-state index contributed by atoms with van der Waals surface area (Å²) in [6, 6.07) is 6.93. The van der Waals surface area contributed by atoms with E-state index in [9.17, 15) is 8.42 Å². The molecular weight excluding hydrogens is 338 g/mol. The van der Waals surface area contributed by atoms with Crippen LogP contribution >= 0.6 is 15.9 Å². The summed E-state index contributed by atoms with van der Waals surface area (Å²) in [7, 11) is -3.45. The van der Waals surface area contributed by atoms with Gasteiger partial charge in [0, 0.05) is 18.4 Å². The van der Waals surface area contributed by atoms with E-state index in [0.717, 1.165) is 5.56 Å². The quantitative estimate of drug-likeness (QED) is 0.527. The molecule has 1 aromatic carbocycles. The van der Waals surface area contributed by atoms with Crippen molar-refractivity contribution in [2.75, 3.05) is 18.4 Å². The van der Waals surface area contributed by atoms with Gasteiger partial charge in [-0.3, -0.25) is 0 Å². The number of sulfonamides is 1. The molecule has 0 aliphatic rings. The molecule has 0 amide bonds. The van der Waals surface area contributed by atoms with E-state index in [2.05, 4.69) is 22.5 Å². The molecule has 3 nitrogen and oxygen atoms in total. The molecule has 5 heteroatoms. The van der Waals surface area contributed by atoms with Crippen LogP contribution in [0, 0.1) is 6.92 Å². The van der Waals surface area contributed by atoms with Crippen molar-refractivity contribution in [1.29, 1.82) is 0 Å². The van der Waals surface area contributed by atoms with Crippen LogP contribution in [0.3, 0.4) is 0 Å². The van der Waals surface area contributed by atoms with Crippen LogP contribution in [0.2, 0.25) is 0 Å². The average molecular weight is 358 g/mol. The van der Waals surface area contributed by atoms with Crippen molar-refractivity contribution in [3.05, 3.63) is 54.6 Å². The van der Waals surface area contributed by atoms with Crippen LogP contribution in [0.15, 0.2) is 54.0 Å². The molecule has 0 fully saturated rings. The molecular formula is C15H20BrNO2S. The topological polar surface area (TPSA) is 37.4 Å². The van der Waals surface area contributed by atoms with Gasteiger partial charge in [0.25, 0.3) is 0 Å². The molecule has 0 radical (unpaired) electrons. The molecule has 0 bridgehead atoms. The van der Waals surface area contributed by atoms with Gasteiger partial charge in [0.1, 0.15) is 0 Å². The van der Waals surface area contributed by atoms with Crippen molar-refractivity contribution >= 4 is 26.0 Å². The van der Waals surface area contributed by atoms with Crippen LogP contribution < -0.4 is 0 Å². The molecule has 0 spiro atoms. The van der Waals surface area contributed by atoms with Gasteiger partial charge in [0.15, 0.2) is 0 Å². The Bertz CT molecular complexity index is 550. The third kappa shape index (κ3) is 4.89. The lowest BCUT2D eigenvalue weighted by Gasteiger charge is -2.20. The SMILES string of the molecule is C=CCCN(C/C=C/CBr)S(=O)(=O)c1ccc(C)cc1. The summed E-state index contributed by atoms with van der Waals surface area (Å²) < 4.78 is 26.7. The minimum atomic E-state index is -3.45. The van der Waals surface area contributed by atoms with Gasteiger partial charge in [-0.1, -0.05) is 51.9 Å². The van der Waals surface area contributed by atoms with Crippen molar-refractivity contribution < 1.29 is 8.42 Å². The monoisotopic (exact) mass is 357 g/mol. The normalized spacial score (nSPS) is 12.2. The lowest BCUT2D eigenvalue weighted by atomic mass is 10.2. The molecule has 110 valence electrons. The van der Waals surface area contributed by atoms with Gasteiger partial charge >= 0.3 is 0 Å². The van der Waals surface area contributed by atoms with Crippen LogP contribution in [0.4, 0.5) is 0 Å². The maximum atomic E-state index is 12.6. The third-order valence-electron chi connectivity index (χ3n) is 2.81. The van der Waals surface area contributed by atoms with Crippen LogP contribution in [-0.2, 0) is 10.0 Å². The van der Waals surface area contributed by atoms with Crippen molar-refractivity contribution in [1.82, 2.24) is 4.31 Å². The summed E-state index contributed by atoms with van der Waals surface area (Å²) in [5.74, 6) is 0. The first-order valence-corrected chi connectivity index (χ1v) is 8.97. The Morgan fingerprint density at radius 2 is 1.90 bits per heavy atom. The zero-order valence-corrected chi connectivity index (χ0v) is 14.0. The number of nitrogens with zero attached hydrogens (tertiary/aromatic N) is 1. The number of allylic oxidation sites excluding steroid dienone is 1. The molecule has 1 rings (SSSR count). The van der Waals surface area contributed by atoms with E-state index >= 15 is 0 Å². The highest BCUT2D eigenvalue weighted by Gasteiger charge is 2.22. The molecule has 0 aliphatic heterocycles. The predicted molar refractivity (Wildman–Crippen MR) is 87.7 cm³/mol. The van der Waals surface area contributed by atoms with Crippen molar-refractivity contribution in [3.8, 4) is 0 Å². The van der Waals surface area contributed by atoms with Crippen molar-refractivity contribution in [2.45, 2.75) is 18.2 Å². The van der Waals surface area contributed by atoms with E-state index in [4.69, 9.17) is 0 Å². The van der Waals surface area contributed by atoms with Crippen molar-refractivity contribution in [3.63, 3.8) is 0 Å². The average Bonchev–Trinajstić information content (AvgIpc) is 2.43. The van der Waals surface area contributed by atoms with Gasteiger partial charge in [0.05, 0.1) is 4.90 Å². The van der Waals surface area contributed by atoms with Gasteiger partial charge in [-0.25, -0.2) is 8.42 Å². The Balaban J connectivity index is 2.99. The molecule has 0 aromatic heterocycles. The third-order valence-corrected chi connectivity index (χ3v) is 5.06. The first kappa shape index (κ1) is 17.1. The van der Waals surface area contributed by atoms with Crippen LogP contribution in [0.5, 0.6) is 0 Å². The highest BCUT2D eigenvalue weighted by atomic mass is 79.9. The summed E-state index contributed by atoms with van der Waals surface area (Å²) in [6.45, 7) is 6.39. The zero-order valence-electron chi connectivity index (χ0n) is 11.6. The minimum absolute atomic E-state index is 0.333. The van der Waals surface area contributed by atoms with Gasteiger partial charge in [-0.15, -0.1) is 6.58 Å². The van der Waals surface area contributed by atoms with E-state index in [1.165, 1.54) is 4.31 Å². The van der Waals surface area contributed by atoms with Crippen LogP contribution in [-0.4, -0.2) is 31.1 Å². The fraction of sp³-hybridized carbons (Fsp3) is 0.333. The highest BCUT2D eigenvalue weighted by molar-refractivity contribution is 9.09. The molecule has 0 aliphatic carbocycles. The fourth-order valence-corrected chi connectivity index (χ4v) is 3.33. The first-order chi connectivity index (χ1) is 9.52. The lowest BCUT2D eigenvalue weighted by molar-refractivity contribution is 0.448. The predicted octanol–water partition coefficient (Wildman–Crippen LogP) is 3.51. The summed E-state index contributed by atoms with van der Waals surface area (Å²) >= 11 is 3.28. The minimum Gasteiger partial charge on any atom is -0.207 e. The van der Waals surface area contributed by atoms with Crippen LogP contribution in [0.25, 0.3) is 0 Å². The van der Waals surface area contributed by atoms with Crippen LogP contribution in [0.1, 0.15) is 12.0 Å². The fourth-order valence-electron chi connectivity index (χ4n) is 1.66. The molecule has 0 saturated carbocycles. The second kappa shape index (κ2) is 8.39. The molecule has 20 heavy (non-hydrogen) atoms. The summed E-state index contributed by atoms with van der Waals surface area (Å²) in [4.78, 5) is 0.333. The van der Waals surface area contributed by atoms with Gasteiger partial charge in [0.2, 0.25) is 10.0 Å². The van der Waals surface area contributed by atoms with Gasteiger partial charge in [-0.05, 0) is 25.5 Å². The standard InChI is InChI=1S/C15H20BrNO2S/c1-3-4-12-17(13-6-5-11-16)20(18,19)15-9-7-14(2)8-10-15/h3,5-10H,1,4,11-13H2,2H3/b6-5+.